The average Bonchev–Trinajstić information content (AvgIpc) is 3.07. The van der Waals surface area contributed by atoms with Crippen LogP contribution in [0.5, 0.6) is 23.0 Å². The third kappa shape index (κ3) is 9.41. The highest BCUT2D eigenvalue weighted by molar-refractivity contribution is 6.32. The van der Waals surface area contributed by atoms with Gasteiger partial charge in [0.25, 0.3) is 0 Å². The summed E-state index contributed by atoms with van der Waals surface area (Å²) in [7, 11) is 0. The van der Waals surface area contributed by atoms with Crippen LogP contribution in [0.3, 0.4) is 0 Å². The van der Waals surface area contributed by atoms with Crippen LogP contribution in [0.2, 0.25) is 0 Å². The third-order valence-electron chi connectivity index (χ3n) is 8.35. The zero-order valence-corrected chi connectivity index (χ0v) is 32.8. The number of fused-ring (bicyclic) bond motifs is 2. The number of esters is 8. The van der Waals surface area contributed by atoms with E-state index in [-0.39, 0.29) is 0 Å². The van der Waals surface area contributed by atoms with Crippen LogP contribution in [0.4, 0.5) is 0 Å². The molecule has 1 heterocycles. The van der Waals surface area contributed by atoms with Crippen LogP contribution in [0.15, 0.2) is 6.07 Å². The van der Waals surface area contributed by atoms with Gasteiger partial charge in [0.1, 0.15) is 30.1 Å². The molecule has 2 aromatic rings. The first-order valence-corrected chi connectivity index (χ1v) is 17.2. The molecule has 0 aromatic heterocycles. The lowest BCUT2D eigenvalue weighted by atomic mass is 9.77. The third-order valence-corrected chi connectivity index (χ3v) is 8.35. The van der Waals surface area contributed by atoms with Crippen molar-refractivity contribution in [2.24, 2.45) is 0 Å². The van der Waals surface area contributed by atoms with Gasteiger partial charge in [0.15, 0.2) is 47.1 Å². The molecule has 0 bridgehead atoms. The Hall–Kier alpha value is -7.03. The molecular weight excluding hydrogens is 792 g/mol. The maximum Gasteiger partial charge on any atom is 0.339 e. The lowest BCUT2D eigenvalue weighted by Crippen LogP contribution is -2.59. The van der Waals surface area contributed by atoms with Crippen molar-refractivity contribution in [3.05, 3.63) is 45.0 Å². The molecule has 2 aromatic carbocycles. The minimum Gasteiger partial charge on any atom is -0.478 e. The van der Waals surface area contributed by atoms with Gasteiger partial charge in [-0.3, -0.25) is 47.9 Å². The topological polar surface area (TPSA) is 291 Å². The molecule has 21 heteroatoms. The molecule has 2 aliphatic rings. The van der Waals surface area contributed by atoms with Crippen LogP contribution in [-0.4, -0.2) is 101 Å². The van der Waals surface area contributed by atoms with E-state index in [0.717, 1.165) is 68.4 Å². The second kappa shape index (κ2) is 17.6. The van der Waals surface area contributed by atoms with Crippen molar-refractivity contribution in [3.8, 4) is 23.0 Å². The Morgan fingerprint density at radius 2 is 1.05 bits per heavy atom. The van der Waals surface area contributed by atoms with Gasteiger partial charge in [0.2, 0.25) is 0 Å². The summed E-state index contributed by atoms with van der Waals surface area (Å²) in [6.07, 6.45) is -9.48. The van der Waals surface area contributed by atoms with Crippen LogP contribution in [0.25, 0.3) is 0 Å². The maximum atomic E-state index is 14.9. The Morgan fingerprint density at radius 3 is 1.54 bits per heavy atom. The lowest BCUT2D eigenvalue weighted by Gasteiger charge is -2.45. The second-order valence-electron chi connectivity index (χ2n) is 12.9. The Balaban J connectivity index is 2.29. The Kier molecular flexibility index (Phi) is 13.3. The number of ether oxygens (including phenoxy) is 9. The van der Waals surface area contributed by atoms with E-state index in [4.69, 9.17) is 42.6 Å². The number of hydrogen-bond donors (Lipinski definition) is 1. The molecule has 0 saturated carbocycles. The van der Waals surface area contributed by atoms with Gasteiger partial charge in [-0.25, -0.2) is 4.79 Å². The molecule has 0 radical (unpaired) electrons. The van der Waals surface area contributed by atoms with E-state index in [1.54, 1.807) is 0 Å². The Morgan fingerprint density at radius 1 is 0.576 bits per heavy atom. The zero-order chi connectivity index (χ0) is 44.4. The number of rotatable bonds is 11. The van der Waals surface area contributed by atoms with Gasteiger partial charge in [-0.1, -0.05) is 0 Å². The minimum absolute atomic E-state index is 0.420. The van der Waals surface area contributed by atoms with E-state index in [1.807, 2.05) is 0 Å². The van der Waals surface area contributed by atoms with Crippen LogP contribution in [0, 0.1) is 6.92 Å². The summed E-state index contributed by atoms with van der Waals surface area (Å²) in [6, 6.07) is 0.776. The lowest BCUT2D eigenvalue weighted by molar-refractivity contribution is -0.254. The highest BCUT2D eigenvalue weighted by Crippen LogP contribution is 2.54. The maximum absolute atomic E-state index is 14.9. The standard InChI is InChI=1S/C38H36O21/c1-12-24-21(10-22(52-14(3)40)25(12)38(49)50)29(47)26-27(30(24)48)32(54-16(5)42)28(34(56-18(7)44)33(26)55-17(6)43)35-37(58-20(9)46)36(57-19(8)45)31(53-15(4)41)23(59-35)11-51-13(2)39/h10,23,31,35-37H,11H2,1-9H3,(H,49,50)/t23-,31-,35-,36+,37+/m1/s1. The molecule has 59 heavy (non-hydrogen) atoms. The van der Waals surface area contributed by atoms with Crippen LogP contribution >= 0.6 is 0 Å². The van der Waals surface area contributed by atoms with Gasteiger partial charge in [-0.15, -0.1) is 0 Å². The molecule has 0 spiro atoms. The SMILES string of the molecule is CC(=O)OC[C@H]1O[C@H](c2c(OC(C)=O)c(OC(C)=O)c3c(c2OC(C)=O)C(=O)c2c(cc(OC(C)=O)c(C(=O)O)c2C)C3=O)[C@H](OC(C)=O)[C@@H](OC(C)=O)[C@@H]1OC(C)=O. The van der Waals surface area contributed by atoms with E-state index < -0.39 is 164 Å². The largest absolute Gasteiger partial charge is 0.478 e. The first kappa shape index (κ1) is 44.7. The summed E-state index contributed by atoms with van der Waals surface area (Å²) in [5.74, 6) is -16.5. The quantitative estimate of drug-likeness (QED) is 0.164. The molecule has 1 N–H and O–H groups in total. The minimum atomic E-state index is -2.12. The monoisotopic (exact) mass is 828 g/mol. The highest BCUT2D eigenvalue weighted by Gasteiger charge is 2.56. The molecule has 4 rings (SSSR count). The molecule has 1 saturated heterocycles. The van der Waals surface area contributed by atoms with Crippen molar-refractivity contribution in [1.82, 2.24) is 0 Å². The summed E-state index contributed by atoms with van der Waals surface area (Å²) in [4.78, 5) is 142. The first-order valence-electron chi connectivity index (χ1n) is 17.2. The van der Waals surface area contributed by atoms with E-state index in [9.17, 15) is 57.8 Å². The van der Waals surface area contributed by atoms with Gasteiger partial charge in [0, 0.05) is 66.5 Å². The fourth-order valence-corrected chi connectivity index (χ4v) is 6.61. The number of hydrogen-bond acceptors (Lipinski definition) is 20. The van der Waals surface area contributed by atoms with Gasteiger partial charge >= 0.3 is 53.7 Å². The molecular formula is C38H36O21. The molecule has 0 unspecified atom stereocenters. The first-order chi connectivity index (χ1) is 27.5. The summed E-state index contributed by atoms with van der Waals surface area (Å²) in [5.41, 5.74) is -4.96. The zero-order valence-electron chi connectivity index (χ0n) is 32.8. The fraction of sp³-hybridized carbons (Fsp3) is 0.395. The van der Waals surface area contributed by atoms with E-state index in [1.165, 1.54) is 0 Å². The molecule has 21 nitrogen and oxygen atoms in total. The number of carbonyl (C=O) groups excluding carboxylic acids is 10. The van der Waals surface area contributed by atoms with Gasteiger partial charge in [-0.2, -0.15) is 0 Å². The summed E-state index contributed by atoms with van der Waals surface area (Å²) >= 11 is 0. The van der Waals surface area contributed by atoms with Crippen LogP contribution in [-0.2, 0) is 62.0 Å². The van der Waals surface area contributed by atoms with Crippen molar-refractivity contribution in [2.75, 3.05) is 6.61 Å². The van der Waals surface area contributed by atoms with Crippen molar-refractivity contribution < 1.29 is 100 Å². The number of ketones is 2. The number of carboxylic acids is 1. The summed E-state index contributed by atoms with van der Waals surface area (Å²) in [6.45, 7) is 7.60. The molecule has 1 fully saturated rings. The number of benzene rings is 2. The van der Waals surface area contributed by atoms with Crippen molar-refractivity contribution in [3.63, 3.8) is 0 Å². The van der Waals surface area contributed by atoms with Crippen molar-refractivity contribution in [2.45, 2.75) is 92.8 Å². The Bertz CT molecular complexity index is 2230. The van der Waals surface area contributed by atoms with Crippen molar-refractivity contribution in [1.29, 1.82) is 0 Å². The predicted molar refractivity (Wildman–Crippen MR) is 188 cm³/mol. The number of carbonyl (C=O) groups is 11. The van der Waals surface area contributed by atoms with Gasteiger partial charge in [0.05, 0.1) is 16.7 Å². The number of aromatic carboxylic acids is 1. The molecule has 1 aliphatic carbocycles. The van der Waals surface area contributed by atoms with Crippen LogP contribution < -0.4 is 18.9 Å². The Labute approximate surface area is 333 Å². The molecule has 314 valence electrons. The normalized spacial score (nSPS) is 19.2. The second-order valence-corrected chi connectivity index (χ2v) is 12.9. The molecule has 0 amide bonds. The van der Waals surface area contributed by atoms with E-state index >= 15 is 0 Å². The predicted octanol–water partition coefficient (Wildman–Crippen LogP) is 1.97. The molecule has 1 aliphatic heterocycles. The van der Waals surface area contributed by atoms with E-state index in [0.29, 0.717) is 0 Å². The highest BCUT2D eigenvalue weighted by atomic mass is 16.7. The van der Waals surface area contributed by atoms with Crippen molar-refractivity contribution >= 4 is 65.3 Å². The van der Waals surface area contributed by atoms with Gasteiger partial charge < -0.3 is 47.7 Å². The summed E-state index contributed by atoms with van der Waals surface area (Å²) in [5, 5.41) is 10.1. The van der Waals surface area contributed by atoms with E-state index in [2.05, 4.69) is 0 Å². The summed E-state index contributed by atoms with van der Waals surface area (Å²) < 4.78 is 49.5. The molecule has 5 atom stereocenters. The van der Waals surface area contributed by atoms with Gasteiger partial charge in [-0.05, 0) is 18.6 Å². The average molecular weight is 829 g/mol. The number of carboxylic acid groups (broad SMARTS) is 1. The smallest absolute Gasteiger partial charge is 0.339 e. The van der Waals surface area contributed by atoms with Crippen LogP contribution in [0.1, 0.15) is 115 Å². The fourth-order valence-electron chi connectivity index (χ4n) is 6.61.